The molecule has 0 bridgehead atoms. The van der Waals surface area contributed by atoms with Crippen molar-refractivity contribution < 1.29 is 9.59 Å². The first-order valence-corrected chi connectivity index (χ1v) is 10.7. The lowest BCUT2D eigenvalue weighted by atomic mass is 10.1. The van der Waals surface area contributed by atoms with Crippen LogP contribution in [-0.2, 0) is 11.3 Å². The number of allylic oxidation sites excluding steroid dienone is 1. The number of aromatic nitrogens is 2. The number of thiophene rings is 1. The summed E-state index contributed by atoms with van der Waals surface area (Å²) in [6.45, 7) is 6.00. The Morgan fingerprint density at radius 1 is 1.31 bits per heavy atom. The minimum atomic E-state index is -0.580. The summed E-state index contributed by atoms with van der Waals surface area (Å²) in [5.74, 6) is -0.515. The van der Waals surface area contributed by atoms with Crippen molar-refractivity contribution in [1.29, 1.82) is 0 Å². The molecule has 1 aromatic carbocycles. The Kier molecular flexibility index (Phi) is 6.50. The SMILES string of the molecule is C=CCn1c(SCC(=O)NC(=O)NC)nc2scc(-c3ccc(C)cc3)c2c1=O. The summed E-state index contributed by atoms with van der Waals surface area (Å²) in [5.41, 5.74) is 2.76. The number of urea groups is 1. The van der Waals surface area contributed by atoms with Gasteiger partial charge in [-0.15, -0.1) is 17.9 Å². The van der Waals surface area contributed by atoms with Crippen molar-refractivity contribution in [3.8, 4) is 11.1 Å². The molecule has 0 spiro atoms. The van der Waals surface area contributed by atoms with Crippen molar-refractivity contribution >= 4 is 45.3 Å². The van der Waals surface area contributed by atoms with Crippen LogP contribution in [0.4, 0.5) is 4.79 Å². The van der Waals surface area contributed by atoms with Gasteiger partial charge in [0.1, 0.15) is 4.83 Å². The van der Waals surface area contributed by atoms with Crippen LogP contribution in [0.2, 0.25) is 0 Å². The summed E-state index contributed by atoms with van der Waals surface area (Å²) >= 11 is 2.49. The number of benzene rings is 1. The zero-order valence-corrected chi connectivity index (χ0v) is 17.7. The first kappa shape index (κ1) is 20.8. The molecule has 29 heavy (non-hydrogen) atoms. The number of thioether (sulfide) groups is 1. The van der Waals surface area contributed by atoms with Crippen molar-refractivity contribution in [1.82, 2.24) is 20.2 Å². The van der Waals surface area contributed by atoms with E-state index >= 15 is 0 Å². The Hall–Kier alpha value is -2.91. The number of aryl methyl sites for hydroxylation is 1. The maximum absolute atomic E-state index is 13.2. The number of hydrogen-bond donors (Lipinski definition) is 2. The molecule has 2 heterocycles. The number of hydrogen-bond acceptors (Lipinski definition) is 6. The Morgan fingerprint density at radius 2 is 2.03 bits per heavy atom. The Morgan fingerprint density at radius 3 is 2.69 bits per heavy atom. The minimum Gasteiger partial charge on any atom is -0.341 e. The highest BCUT2D eigenvalue weighted by molar-refractivity contribution is 7.99. The third kappa shape index (κ3) is 4.57. The number of rotatable bonds is 6. The summed E-state index contributed by atoms with van der Waals surface area (Å²) in [6, 6.07) is 7.40. The molecular weight excluding hydrogens is 408 g/mol. The van der Waals surface area contributed by atoms with E-state index in [-0.39, 0.29) is 17.9 Å². The lowest BCUT2D eigenvalue weighted by Gasteiger charge is -2.10. The predicted octanol–water partition coefficient (Wildman–Crippen LogP) is 3.17. The maximum atomic E-state index is 13.2. The first-order chi connectivity index (χ1) is 13.9. The van der Waals surface area contributed by atoms with Gasteiger partial charge in [0, 0.05) is 24.5 Å². The fourth-order valence-electron chi connectivity index (χ4n) is 2.71. The van der Waals surface area contributed by atoms with Crippen LogP contribution in [0.3, 0.4) is 0 Å². The third-order valence-corrected chi connectivity index (χ3v) is 5.99. The standard InChI is InChI=1S/C20H20N4O3S2/c1-4-9-24-18(26)16-14(13-7-5-12(2)6-8-13)10-28-17(16)23-20(24)29-11-15(25)22-19(27)21-3/h4-8,10H,1,9,11H2,2-3H3,(H2,21,22,25,27). The molecule has 150 valence electrons. The van der Waals surface area contributed by atoms with Gasteiger partial charge in [-0.1, -0.05) is 47.7 Å². The highest BCUT2D eigenvalue weighted by atomic mass is 32.2. The van der Waals surface area contributed by atoms with E-state index in [1.54, 1.807) is 6.08 Å². The summed E-state index contributed by atoms with van der Waals surface area (Å²) in [5, 5.41) is 7.40. The smallest absolute Gasteiger partial charge is 0.321 e. The topological polar surface area (TPSA) is 93.1 Å². The highest BCUT2D eigenvalue weighted by Gasteiger charge is 2.18. The number of carbonyl (C=O) groups is 2. The highest BCUT2D eigenvalue weighted by Crippen LogP contribution is 2.32. The molecule has 0 unspecified atom stereocenters. The summed E-state index contributed by atoms with van der Waals surface area (Å²) in [4.78, 5) is 41.6. The number of imide groups is 1. The Balaban J connectivity index is 1.99. The fourth-order valence-corrected chi connectivity index (χ4v) is 4.50. The van der Waals surface area contributed by atoms with Gasteiger partial charge in [-0.3, -0.25) is 19.5 Å². The van der Waals surface area contributed by atoms with Crippen LogP contribution in [-0.4, -0.2) is 34.3 Å². The van der Waals surface area contributed by atoms with Crippen molar-refractivity contribution in [2.45, 2.75) is 18.6 Å². The Bertz CT molecular complexity index is 1130. The fraction of sp³-hybridized carbons (Fsp3) is 0.200. The lowest BCUT2D eigenvalue weighted by Crippen LogP contribution is -2.38. The zero-order valence-electron chi connectivity index (χ0n) is 16.0. The molecule has 2 aromatic heterocycles. The molecule has 9 heteroatoms. The van der Waals surface area contributed by atoms with Crippen molar-refractivity contribution in [2.75, 3.05) is 12.8 Å². The average Bonchev–Trinajstić information content (AvgIpc) is 3.13. The summed E-state index contributed by atoms with van der Waals surface area (Å²) in [7, 11) is 1.43. The van der Waals surface area contributed by atoms with E-state index in [0.29, 0.717) is 15.4 Å². The molecule has 0 radical (unpaired) electrons. The van der Waals surface area contributed by atoms with Gasteiger partial charge >= 0.3 is 6.03 Å². The van der Waals surface area contributed by atoms with Crippen LogP contribution in [0, 0.1) is 6.92 Å². The van der Waals surface area contributed by atoms with Crippen molar-refractivity contribution in [3.05, 3.63) is 58.2 Å². The van der Waals surface area contributed by atoms with Crippen LogP contribution in [0.25, 0.3) is 21.3 Å². The predicted molar refractivity (Wildman–Crippen MR) is 118 cm³/mol. The molecule has 7 nitrogen and oxygen atoms in total. The molecule has 0 atom stereocenters. The molecule has 0 aliphatic rings. The van der Waals surface area contributed by atoms with Crippen LogP contribution >= 0.6 is 23.1 Å². The molecule has 0 aliphatic carbocycles. The summed E-state index contributed by atoms with van der Waals surface area (Å²) < 4.78 is 1.50. The number of fused-ring (bicyclic) bond motifs is 1. The molecule has 3 amide bonds. The first-order valence-electron chi connectivity index (χ1n) is 8.79. The van der Waals surface area contributed by atoms with Crippen LogP contribution in [0.5, 0.6) is 0 Å². The van der Waals surface area contributed by atoms with Crippen LogP contribution < -0.4 is 16.2 Å². The second-order valence-electron chi connectivity index (χ2n) is 6.21. The summed E-state index contributed by atoms with van der Waals surface area (Å²) in [6.07, 6.45) is 1.61. The van der Waals surface area contributed by atoms with Crippen LogP contribution in [0.15, 0.2) is 52.3 Å². The number of nitrogens with one attached hydrogen (secondary N) is 2. The van der Waals surface area contributed by atoms with E-state index in [9.17, 15) is 14.4 Å². The maximum Gasteiger partial charge on any atom is 0.321 e. The average molecular weight is 429 g/mol. The number of nitrogens with zero attached hydrogens (tertiary/aromatic N) is 2. The zero-order chi connectivity index (χ0) is 21.0. The second kappa shape index (κ2) is 9.06. The largest absolute Gasteiger partial charge is 0.341 e. The van der Waals surface area contributed by atoms with Gasteiger partial charge in [-0.05, 0) is 12.5 Å². The quantitative estimate of drug-likeness (QED) is 0.357. The molecule has 0 saturated carbocycles. The van der Waals surface area contributed by atoms with E-state index in [4.69, 9.17) is 0 Å². The van der Waals surface area contributed by atoms with E-state index < -0.39 is 11.9 Å². The van der Waals surface area contributed by atoms with Gasteiger partial charge in [0.05, 0.1) is 11.1 Å². The lowest BCUT2D eigenvalue weighted by molar-refractivity contribution is -0.117. The van der Waals surface area contributed by atoms with E-state index in [1.165, 1.54) is 23.0 Å². The van der Waals surface area contributed by atoms with Gasteiger partial charge < -0.3 is 5.32 Å². The van der Waals surface area contributed by atoms with Gasteiger partial charge in [0.2, 0.25) is 5.91 Å². The molecule has 3 rings (SSSR count). The van der Waals surface area contributed by atoms with Gasteiger partial charge in [-0.2, -0.15) is 0 Å². The molecule has 0 aliphatic heterocycles. The van der Waals surface area contributed by atoms with Crippen LogP contribution in [0.1, 0.15) is 5.56 Å². The number of carbonyl (C=O) groups excluding carboxylic acids is 2. The Labute approximate surface area is 175 Å². The van der Waals surface area contributed by atoms with Gasteiger partial charge in [-0.25, -0.2) is 9.78 Å². The van der Waals surface area contributed by atoms with E-state index in [0.717, 1.165) is 28.5 Å². The van der Waals surface area contributed by atoms with E-state index in [2.05, 4.69) is 22.2 Å². The van der Waals surface area contributed by atoms with Gasteiger partial charge in [0.15, 0.2) is 5.16 Å². The monoisotopic (exact) mass is 428 g/mol. The normalized spacial score (nSPS) is 10.7. The molecule has 3 aromatic rings. The third-order valence-electron chi connectivity index (χ3n) is 4.15. The van der Waals surface area contributed by atoms with Crippen molar-refractivity contribution in [3.63, 3.8) is 0 Å². The van der Waals surface area contributed by atoms with Gasteiger partial charge in [0.25, 0.3) is 5.56 Å². The van der Waals surface area contributed by atoms with Crippen molar-refractivity contribution in [2.24, 2.45) is 0 Å². The molecule has 2 N–H and O–H groups in total. The second-order valence-corrected chi connectivity index (χ2v) is 8.01. The van der Waals surface area contributed by atoms with E-state index in [1.807, 2.05) is 36.6 Å². The molecule has 0 fully saturated rings. The molecule has 0 saturated heterocycles. The molecular formula is C20H20N4O3S2. The minimum absolute atomic E-state index is 0.0430. The number of amides is 3.